The van der Waals surface area contributed by atoms with E-state index in [1.54, 1.807) is 24.3 Å². The summed E-state index contributed by atoms with van der Waals surface area (Å²) in [7, 11) is 1.69. The Balaban J connectivity index is 1.80. The average Bonchev–Trinajstić information content (AvgIpc) is 2.90. The molecule has 1 N–H and O–H groups in total. The first-order valence-corrected chi connectivity index (χ1v) is 9.96. The van der Waals surface area contributed by atoms with Gasteiger partial charge in [-0.3, -0.25) is 14.3 Å². The molecule has 2 aromatic rings. The number of anilines is 1. The third-order valence-corrected chi connectivity index (χ3v) is 4.77. The summed E-state index contributed by atoms with van der Waals surface area (Å²) < 4.78 is 7.03. The molecule has 0 saturated carbocycles. The molecular formula is C21H29N5O3. The second-order valence-corrected chi connectivity index (χ2v) is 8.36. The number of nitrogens with zero attached hydrogens (tertiary/aromatic N) is 4. The molecule has 1 fully saturated rings. The third kappa shape index (κ3) is 5.56. The van der Waals surface area contributed by atoms with Crippen LogP contribution in [0.4, 0.5) is 10.7 Å². The number of nitrogens with one attached hydrogen (secondary N) is 1. The molecule has 0 bridgehead atoms. The van der Waals surface area contributed by atoms with E-state index in [1.165, 1.54) is 10.6 Å². The largest absolute Gasteiger partial charge is 0.444 e. The fourth-order valence-corrected chi connectivity index (χ4v) is 3.27. The van der Waals surface area contributed by atoms with Crippen molar-refractivity contribution >= 4 is 12.0 Å². The van der Waals surface area contributed by atoms with E-state index in [2.05, 4.69) is 15.3 Å². The number of carbonyl (C=O) groups excluding carboxylic acids is 1. The lowest BCUT2D eigenvalue weighted by Gasteiger charge is -2.29. The van der Waals surface area contributed by atoms with E-state index in [-0.39, 0.29) is 17.7 Å². The minimum absolute atomic E-state index is 0.0178. The first-order chi connectivity index (χ1) is 13.7. The molecule has 156 valence electrons. The van der Waals surface area contributed by atoms with Gasteiger partial charge in [-0.2, -0.15) is 0 Å². The molecule has 2 aromatic heterocycles. The van der Waals surface area contributed by atoms with Gasteiger partial charge in [0.25, 0.3) is 5.56 Å². The van der Waals surface area contributed by atoms with Crippen LogP contribution < -0.4 is 10.9 Å². The van der Waals surface area contributed by atoms with Gasteiger partial charge in [-0.1, -0.05) is 0 Å². The van der Waals surface area contributed by atoms with Crippen LogP contribution in [0.3, 0.4) is 0 Å². The van der Waals surface area contributed by atoms with E-state index < -0.39 is 5.60 Å². The maximum atomic E-state index is 12.5. The molecule has 1 unspecified atom stereocenters. The first-order valence-electron chi connectivity index (χ1n) is 9.96. The highest BCUT2D eigenvalue weighted by atomic mass is 16.6. The summed E-state index contributed by atoms with van der Waals surface area (Å²) in [4.78, 5) is 35.4. The molecule has 0 aromatic carbocycles. The topological polar surface area (TPSA) is 89.3 Å². The standard InChI is InChI=1S/C21H29N5O3/c1-21(2,3)29-20(28)26-12-6-5-7-16(14-26)23-19-24-17(13-18(27)25(19)4)15-8-10-22-11-9-15/h8-11,13,16H,5-7,12,14H2,1-4H3,(H,23,24). The van der Waals surface area contributed by atoms with E-state index >= 15 is 0 Å². The fraction of sp³-hybridized carbons (Fsp3) is 0.524. The third-order valence-electron chi connectivity index (χ3n) is 4.77. The quantitative estimate of drug-likeness (QED) is 0.853. The number of hydrogen-bond donors (Lipinski definition) is 1. The van der Waals surface area contributed by atoms with Gasteiger partial charge in [-0.15, -0.1) is 0 Å². The van der Waals surface area contributed by atoms with E-state index in [0.717, 1.165) is 24.8 Å². The van der Waals surface area contributed by atoms with Crippen LogP contribution in [0.5, 0.6) is 0 Å². The summed E-state index contributed by atoms with van der Waals surface area (Å²) in [6.07, 6.45) is 5.82. The normalized spacial score (nSPS) is 17.5. The van der Waals surface area contributed by atoms with Crippen molar-refractivity contribution in [1.29, 1.82) is 0 Å². The maximum absolute atomic E-state index is 12.5. The highest BCUT2D eigenvalue weighted by Crippen LogP contribution is 2.20. The Labute approximate surface area is 170 Å². The zero-order chi connectivity index (χ0) is 21.0. The van der Waals surface area contributed by atoms with Crippen molar-refractivity contribution in [3.8, 4) is 11.3 Å². The molecule has 1 aliphatic heterocycles. The van der Waals surface area contributed by atoms with Gasteiger partial charge < -0.3 is 15.0 Å². The van der Waals surface area contributed by atoms with Gasteiger partial charge in [0.1, 0.15) is 5.60 Å². The van der Waals surface area contributed by atoms with Crippen molar-refractivity contribution in [2.75, 3.05) is 18.4 Å². The van der Waals surface area contributed by atoms with E-state index in [0.29, 0.717) is 24.7 Å². The van der Waals surface area contributed by atoms with Gasteiger partial charge in [0.15, 0.2) is 0 Å². The zero-order valence-corrected chi connectivity index (χ0v) is 17.5. The Morgan fingerprint density at radius 2 is 1.97 bits per heavy atom. The van der Waals surface area contributed by atoms with Crippen molar-refractivity contribution in [2.45, 2.75) is 51.7 Å². The molecule has 1 amide bonds. The van der Waals surface area contributed by atoms with Crippen LogP contribution in [-0.4, -0.2) is 50.3 Å². The lowest BCUT2D eigenvalue weighted by atomic mass is 10.1. The van der Waals surface area contributed by atoms with Crippen molar-refractivity contribution in [1.82, 2.24) is 19.4 Å². The minimum atomic E-state index is -0.531. The van der Waals surface area contributed by atoms with Crippen molar-refractivity contribution in [3.63, 3.8) is 0 Å². The van der Waals surface area contributed by atoms with Gasteiger partial charge >= 0.3 is 6.09 Å². The molecule has 1 saturated heterocycles. The van der Waals surface area contributed by atoms with Crippen LogP contribution in [0.25, 0.3) is 11.3 Å². The molecule has 0 spiro atoms. The van der Waals surface area contributed by atoms with Gasteiger partial charge in [0, 0.05) is 50.2 Å². The van der Waals surface area contributed by atoms with E-state index in [1.807, 2.05) is 32.9 Å². The van der Waals surface area contributed by atoms with Crippen molar-refractivity contribution in [2.24, 2.45) is 7.05 Å². The lowest BCUT2D eigenvalue weighted by molar-refractivity contribution is 0.0252. The lowest BCUT2D eigenvalue weighted by Crippen LogP contribution is -2.42. The Morgan fingerprint density at radius 3 is 2.66 bits per heavy atom. The summed E-state index contributed by atoms with van der Waals surface area (Å²) in [6.45, 7) is 6.76. The SMILES string of the molecule is Cn1c(NC2CCCCN(C(=O)OC(C)(C)C)C2)nc(-c2ccncc2)cc1=O. The number of carbonyl (C=O) groups is 1. The molecule has 8 heteroatoms. The van der Waals surface area contributed by atoms with Crippen molar-refractivity contribution in [3.05, 3.63) is 40.9 Å². The molecule has 3 heterocycles. The Morgan fingerprint density at radius 1 is 1.24 bits per heavy atom. The summed E-state index contributed by atoms with van der Waals surface area (Å²) >= 11 is 0. The molecule has 0 radical (unpaired) electrons. The maximum Gasteiger partial charge on any atom is 0.410 e. The van der Waals surface area contributed by atoms with Crippen LogP contribution in [-0.2, 0) is 11.8 Å². The second kappa shape index (κ2) is 8.63. The first kappa shape index (κ1) is 20.8. The predicted molar refractivity (Wildman–Crippen MR) is 112 cm³/mol. The predicted octanol–water partition coefficient (Wildman–Crippen LogP) is 3.04. The highest BCUT2D eigenvalue weighted by molar-refractivity contribution is 5.68. The summed E-state index contributed by atoms with van der Waals surface area (Å²) in [5.41, 5.74) is 0.746. The average molecular weight is 399 g/mol. The van der Waals surface area contributed by atoms with Crippen LogP contribution in [0.2, 0.25) is 0 Å². The molecule has 8 nitrogen and oxygen atoms in total. The van der Waals surface area contributed by atoms with E-state index in [9.17, 15) is 9.59 Å². The van der Waals surface area contributed by atoms with Crippen molar-refractivity contribution < 1.29 is 9.53 Å². The molecular weight excluding hydrogens is 370 g/mol. The molecule has 3 rings (SSSR count). The summed E-state index contributed by atoms with van der Waals surface area (Å²) in [6, 6.07) is 5.14. The smallest absolute Gasteiger partial charge is 0.410 e. The molecule has 29 heavy (non-hydrogen) atoms. The monoisotopic (exact) mass is 399 g/mol. The van der Waals surface area contributed by atoms with Gasteiger partial charge in [0.2, 0.25) is 5.95 Å². The number of hydrogen-bond acceptors (Lipinski definition) is 6. The summed E-state index contributed by atoms with van der Waals surface area (Å²) in [5, 5.41) is 3.37. The van der Waals surface area contributed by atoms with E-state index in [4.69, 9.17) is 4.74 Å². The number of likely N-dealkylation sites (tertiary alicyclic amines) is 1. The number of amides is 1. The highest BCUT2D eigenvalue weighted by Gasteiger charge is 2.27. The zero-order valence-electron chi connectivity index (χ0n) is 17.5. The Hall–Kier alpha value is -2.90. The van der Waals surface area contributed by atoms with Gasteiger partial charge in [-0.05, 0) is 52.2 Å². The second-order valence-electron chi connectivity index (χ2n) is 8.36. The minimum Gasteiger partial charge on any atom is -0.444 e. The van der Waals surface area contributed by atoms with Crippen LogP contribution in [0.1, 0.15) is 40.0 Å². The number of aromatic nitrogens is 3. The Bertz CT molecular complexity index is 905. The number of pyridine rings is 1. The van der Waals surface area contributed by atoms with Crippen LogP contribution in [0, 0.1) is 0 Å². The number of rotatable bonds is 3. The summed E-state index contributed by atoms with van der Waals surface area (Å²) in [5.74, 6) is 0.486. The Kier molecular flexibility index (Phi) is 6.20. The van der Waals surface area contributed by atoms with Gasteiger partial charge in [-0.25, -0.2) is 9.78 Å². The number of ether oxygens (including phenoxy) is 1. The van der Waals surface area contributed by atoms with Crippen LogP contribution in [0.15, 0.2) is 35.4 Å². The van der Waals surface area contributed by atoms with Gasteiger partial charge in [0.05, 0.1) is 5.69 Å². The fourth-order valence-electron chi connectivity index (χ4n) is 3.27. The van der Waals surface area contributed by atoms with Crippen LogP contribution >= 0.6 is 0 Å². The molecule has 1 aliphatic rings. The molecule has 1 atom stereocenters. The molecule has 0 aliphatic carbocycles.